The average Bonchev–Trinajstić information content (AvgIpc) is 3.50. The van der Waals surface area contributed by atoms with Gasteiger partial charge in [-0.25, -0.2) is 9.97 Å². The third-order valence-electron chi connectivity index (χ3n) is 8.78. The summed E-state index contributed by atoms with van der Waals surface area (Å²) in [6.07, 6.45) is 13.6. The minimum Gasteiger partial charge on any atom is -0.476 e. The van der Waals surface area contributed by atoms with E-state index in [9.17, 15) is 9.59 Å². The standard InChI is InChI=1S/C23H35N5O2.C8H5NO.C6H15N/c1-3-21(29)17-7-9-18(10-8-17)28-20-15-22(25-16-19(20)26-23(28)24-2)30-14-13-27-11-5-4-6-12-27;9-5-7-1-3-8(6-10)4-2-7;1-3-5-7-6-4-2/h15-18H,3-14H2,1-2H3,(H,24,26);1-4,6H;7H,3-6H2,1-2H3. The molecule has 2 N–H and O–H groups in total. The molecule has 0 unspecified atom stereocenters. The molecule has 0 atom stereocenters. The minimum atomic E-state index is 0.231. The molecule has 5 rings (SSSR count). The van der Waals surface area contributed by atoms with Crippen LogP contribution in [0.15, 0.2) is 36.5 Å². The first-order valence-electron chi connectivity index (χ1n) is 17.6. The number of aromatic nitrogens is 3. The molecule has 1 aromatic carbocycles. The Bertz CT molecular complexity index is 1380. The van der Waals surface area contributed by atoms with Crippen LogP contribution in [-0.2, 0) is 4.79 Å². The van der Waals surface area contributed by atoms with Gasteiger partial charge in [0.05, 0.1) is 23.3 Å². The molecule has 1 saturated carbocycles. The number of pyridine rings is 1. The molecule has 10 nitrogen and oxygen atoms in total. The SMILES string of the molecule is CCC(=O)C1CCC(n2c(NC)nc3cnc(OCCN4CCCCC4)cc32)CC1.CCCNCCC.N#Cc1ccc(C=O)cc1. The highest BCUT2D eigenvalue weighted by Crippen LogP contribution is 2.37. The second-order valence-corrected chi connectivity index (χ2v) is 12.2. The lowest BCUT2D eigenvalue weighted by atomic mass is 9.82. The van der Waals surface area contributed by atoms with Gasteiger partial charge in [0.2, 0.25) is 11.8 Å². The largest absolute Gasteiger partial charge is 0.476 e. The van der Waals surface area contributed by atoms with Crippen LogP contribution >= 0.6 is 0 Å². The van der Waals surface area contributed by atoms with E-state index in [-0.39, 0.29) is 5.92 Å². The fraction of sp³-hybridized carbons (Fsp3) is 0.595. The van der Waals surface area contributed by atoms with Crippen molar-refractivity contribution in [2.75, 3.05) is 51.7 Å². The van der Waals surface area contributed by atoms with Crippen LogP contribution in [0.1, 0.15) is 107 Å². The molecule has 0 radical (unpaired) electrons. The number of ether oxygens (including phenoxy) is 1. The van der Waals surface area contributed by atoms with Gasteiger partial charge in [0.25, 0.3) is 0 Å². The number of carbonyl (C=O) groups is 2. The predicted octanol–water partition coefficient (Wildman–Crippen LogP) is 6.81. The monoisotopic (exact) mass is 645 g/mol. The van der Waals surface area contributed by atoms with Gasteiger partial charge in [0.1, 0.15) is 24.2 Å². The molecule has 10 heteroatoms. The minimum absolute atomic E-state index is 0.231. The van der Waals surface area contributed by atoms with Gasteiger partial charge < -0.3 is 19.9 Å². The predicted molar refractivity (Wildman–Crippen MR) is 189 cm³/mol. The number of hydrogen-bond donors (Lipinski definition) is 2. The maximum atomic E-state index is 12.1. The first kappa shape index (κ1) is 37.6. The summed E-state index contributed by atoms with van der Waals surface area (Å²) >= 11 is 0. The van der Waals surface area contributed by atoms with Crippen LogP contribution in [0.3, 0.4) is 0 Å². The third kappa shape index (κ3) is 12.1. The van der Waals surface area contributed by atoms with E-state index < -0.39 is 0 Å². The average molecular weight is 646 g/mol. The number of nitriles is 1. The lowest BCUT2D eigenvalue weighted by Crippen LogP contribution is -2.33. The molecule has 1 saturated heterocycles. The molecule has 0 spiro atoms. The first-order chi connectivity index (χ1) is 23.0. The number of ketones is 1. The highest BCUT2D eigenvalue weighted by atomic mass is 16.5. The fourth-order valence-corrected chi connectivity index (χ4v) is 6.13. The molecule has 1 aliphatic heterocycles. The number of nitrogens with zero attached hydrogens (tertiary/aromatic N) is 5. The number of benzene rings is 1. The molecular formula is C37H55N7O3. The highest BCUT2D eigenvalue weighted by molar-refractivity contribution is 5.81. The smallest absolute Gasteiger partial charge is 0.215 e. The van der Waals surface area contributed by atoms with Crippen LogP contribution in [0.4, 0.5) is 5.95 Å². The lowest BCUT2D eigenvalue weighted by Gasteiger charge is -2.29. The normalized spacial score (nSPS) is 17.8. The number of fused-ring (bicyclic) bond motifs is 1. The number of aldehydes is 1. The zero-order valence-electron chi connectivity index (χ0n) is 29.0. The molecule has 2 aromatic heterocycles. The van der Waals surface area contributed by atoms with E-state index in [4.69, 9.17) is 15.0 Å². The number of Topliss-reactive ketones (excluding diaryl/α,β-unsaturated/α-hetero) is 1. The number of imidazole rings is 1. The van der Waals surface area contributed by atoms with Crippen molar-refractivity contribution in [2.45, 2.75) is 91.0 Å². The Morgan fingerprint density at radius 3 is 2.30 bits per heavy atom. The maximum absolute atomic E-state index is 12.1. The summed E-state index contributed by atoms with van der Waals surface area (Å²) in [6, 6.07) is 10.8. The van der Waals surface area contributed by atoms with Crippen LogP contribution in [0.2, 0.25) is 0 Å². The Morgan fingerprint density at radius 1 is 1.04 bits per heavy atom. The van der Waals surface area contributed by atoms with Crippen molar-refractivity contribution in [2.24, 2.45) is 5.92 Å². The summed E-state index contributed by atoms with van der Waals surface area (Å²) in [6.45, 7) is 12.7. The molecule has 2 fully saturated rings. The van der Waals surface area contributed by atoms with E-state index in [1.54, 1.807) is 24.3 Å². The number of hydrogen-bond acceptors (Lipinski definition) is 9. The van der Waals surface area contributed by atoms with E-state index >= 15 is 0 Å². The first-order valence-corrected chi connectivity index (χ1v) is 17.6. The Morgan fingerprint density at radius 2 is 1.72 bits per heavy atom. The molecule has 0 bridgehead atoms. The molecule has 47 heavy (non-hydrogen) atoms. The summed E-state index contributed by atoms with van der Waals surface area (Å²) in [5, 5.41) is 14.9. The Balaban J connectivity index is 0.000000289. The third-order valence-corrected chi connectivity index (χ3v) is 8.78. The molecular weight excluding hydrogens is 590 g/mol. The van der Waals surface area contributed by atoms with Crippen molar-refractivity contribution >= 4 is 29.1 Å². The zero-order valence-corrected chi connectivity index (χ0v) is 29.0. The van der Waals surface area contributed by atoms with Crippen molar-refractivity contribution in [3.05, 3.63) is 47.7 Å². The summed E-state index contributed by atoms with van der Waals surface area (Å²) in [5.74, 6) is 2.17. The number of rotatable bonds is 13. The lowest BCUT2D eigenvalue weighted by molar-refractivity contribution is -0.123. The van der Waals surface area contributed by atoms with Gasteiger partial charge in [-0.3, -0.25) is 14.5 Å². The summed E-state index contributed by atoms with van der Waals surface area (Å²) in [7, 11) is 1.91. The fourth-order valence-electron chi connectivity index (χ4n) is 6.13. The summed E-state index contributed by atoms with van der Waals surface area (Å²) in [4.78, 5) is 33.9. The van der Waals surface area contributed by atoms with E-state index in [1.807, 2.05) is 32.3 Å². The van der Waals surface area contributed by atoms with Gasteiger partial charge in [-0.15, -0.1) is 0 Å². The van der Waals surface area contributed by atoms with Crippen LogP contribution in [0, 0.1) is 17.2 Å². The van der Waals surface area contributed by atoms with Crippen LogP contribution in [0.5, 0.6) is 5.88 Å². The maximum Gasteiger partial charge on any atom is 0.215 e. The van der Waals surface area contributed by atoms with Gasteiger partial charge in [-0.1, -0.05) is 39.3 Å². The van der Waals surface area contributed by atoms with Gasteiger partial charge in [0.15, 0.2) is 0 Å². The quantitative estimate of drug-likeness (QED) is 0.152. The van der Waals surface area contributed by atoms with Gasteiger partial charge >= 0.3 is 0 Å². The van der Waals surface area contributed by atoms with Gasteiger partial charge in [0, 0.05) is 43.6 Å². The van der Waals surface area contributed by atoms with Crippen LogP contribution in [0.25, 0.3) is 11.0 Å². The second kappa shape index (κ2) is 21.1. The number of likely N-dealkylation sites (tertiary alicyclic amines) is 1. The topological polar surface area (TPSA) is 125 Å². The highest BCUT2D eigenvalue weighted by Gasteiger charge is 2.28. The van der Waals surface area contributed by atoms with E-state index in [0.717, 1.165) is 55.5 Å². The Labute approximate surface area is 281 Å². The van der Waals surface area contributed by atoms with Crippen molar-refractivity contribution in [3.8, 4) is 11.9 Å². The van der Waals surface area contributed by atoms with E-state index in [2.05, 4.69) is 38.9 Å². The molecule has 1 aliphatic carbocycles. The number of piperidine rings is 1. The van der Waals surface area contributed by atoms with Crippen molar-refractivity contribution < 1.29 is 14.3 Å². The zero-order chi connectivity index (χ0) is 33.9. The van der Waals surface area contributed by atoms with Crippen LogP contribution < -0.4 is 15.4 Å². The van der Waals surface area contributed by atoms with Gasteiger partial charge in [-0.05, 0) is 89.7 Å². The van der Waals surface area contributed by atoms with E-state index in [0.29, 0.717) is 41.9 Å². The summed E-state index contributed by atoms with van der Waals surface area (Å²) < 4.78 is 8.30. The van der Waals surface area contributed by atoms with E-state index in [1.165, 1.54) is 58.3 Å². The Hall–Kier alpha value is -3.81. The molecule has 3 aromatic rings. The van der Waals surface area contributed by atoms with Crippen molar-refractivity contribution in [1.29, 1.82) is 5.26 Å². The van der Waals surface area contributed by atoms with Crippen LogP contribution in [-0.4, -0.2) is 77.9 Å². The second-order valence-electron chi connectivity index (χ2n) is 12.2. The Kier molecular flexibility index (Phi) is 16.9. The molecule has 3 heterocycles. The molecule has 0 amide bonds. The number of carbonyl (C=O) groups excluding carboxylic acids is 2. The van der Waals surface area contributed by atoms with Crippen molar-refractivity contribution in [1.82, 2.24) is 24.8 Å². The number of anilines is 1. The summed E-state index contributed by atoms with van der Waals surface area (Å²) in [5.41, 5.74) is 3.12. The van der Waals surface area contributed by atoms with Gasteiger partial charge in [-0.2, -0.15) is 5.26 Å². The van der Waals surface area contributed by atoms with Crippen molar-refractivity contribution in [3.63, 3.8) is 0 Å². The molecule has 2 aliphatic rings. The number of nitrogens with one attached hydrogen (secondary N) is 2. The molecule has 256 valence electrons.